The monoisotopic (exact) mass is 329 g/mol. The summed E-state index contributed by atoms with van der Waals surface area (Å²) in [5, 5.41) is 13.5. The molecule has 3 rings (SSSR count). The van der Waals surface area contributed by atoms with Gasteiger partial charge in [0.25, 0.3) is 0 Å². The van der Waals surface area contributed by atoms with Crippen molar-refractivity contribution in [3.8, 4) is 0 Å². The number of piperidine rings is 1. The quantitative estimate of drug-likeness (QED) is 0.928. The lowest BCUT2D eigenvalue weighted by Gasteiger charge is -2.33. The summed E-state index contributed by atoms with van der Waals surface area (Å²) < 4.78 is 1.86. The summed E-state index contributed by atoms with van der Waals surface area (Å²) in [5.41, 5.74) is 1.01. The molecule has 1 aliphatic rings. The maximum absolute atomic E-state index is 11.2. The highest BCUT2D eigenvalue weighted by atomic mass is 16.4. The number of carbonyl (C=O) groups is 1. The minimum Gasteiger partial charge on any atom is -0.478 e. The Balaban J connectivity index is 1.70. The molecular weight excluding hydrogens is 306 g/mol. The van der Waals surface area contributed by atoms with Gasteiger partial charge in [-0.2, -0.15) is 5.10 Å². The van der Waals surface area contributed by atoms with Crippen molar-refractivity contribution in [1.82, 2.24) is 19.7 Å². The molecule has 1 N–H and O–H groups in total. The van der Waals surface area contributed by atoms with Crippen molar-refractivity contribution in [2.24, 2.45) is 0 Å². The highest BCUT2D eigenvalue weighted by molar-refractivity contribution is 5.88. The fraction of sp³-hybridized carbons (Fsp3) is 0.529. The van der Waals surface area contributed by atoms with E-state index in [1.54, 1.807) is 0 Å². The van der Waals surface area contributed by atoms with E-state index in [4.69, 9.17) is 5.11 Å². The van der Waals surface area contributed by atoms with E-state index in [0.717, 1.165) is 43.3 Å². The lowest BCUT2D eigenvalue weighted by Crippen LogP contribution is -2.36. The number of nitrogens with zero attached hydrogens (tertiary/aromatic N) is 5. The first-order chi connectivity index (χ1) is 11.5. The molecule has 0 unspecified atom stereocenters. The first-order valence-electron chi connectivity index (χ1n) is 8.32. The molecule has 128 valence electrons. The minimum atomic E-state index is -0.918. The molecule has 1 fully saturated rings. The van der Waals surface area contributed by atoms with E-state index in [9.17, 15) is 4.79 Å². The van der Waals surface area contributed by atoms with Crippen molar-refractivity contribution in [2.75, 3.05) is 18.0 Å². The minimum absolute atomic E-state index is 0.237. The fourth-order valence-corrected chi connectivity index (χ4v) is 3.16. The molecule has 1 saturated heterocycles. The molecule has 2 aromatic heterocycles. The predicted molar refractivity (Wildman–Crippen MR) is 90.5 cm³/mol. The summed E-state index contributed by atoms with van der Waals surface area (Å²) in [4.78, 5) is 22.4. The number of carboxylic acids is 1. The van der Waals surface area contributed by atoms with E-state index in [2.05, 4.69) is 33.8 Å². The van der Waals surface area contributed by atoms with Crippen molar-refractivity contribution in [1.29, 1.82) is 0 Å². The van der Waals surface area contributed by atoms with Crippen LogP contribution in [0.2, 0.25) is 0 Å². The zero-order valence-electron chi connectivity index (χ0n) is 14.3. The van der Waals surface area contributed by atoms with Crippen molar-refractivity contribution in [2.45, 2.75) is 45.6 Å². The Hall–Kier alpha value is -2.44. The number of hydrogen-bond acceptors (Lipinski definition) is 5. The van der Waals surface area contributed by atoms with Crippen LogP contribution < -0.4 is 4.90 Å². The Bertz CT molecular complexity index is 732. The van der Waals surface area contributed by atoms with Crippen molar-refractivity contribution < 1.29 is 9.90 Å². The van der Waals surface area contributed by atoms with Crippen molar-refractivity contribution in [3.63, 3.8) is 0 Å². The molecule has 0 aromatic carbocycles. The predicted octanol–water partition coefficient (Wildman–Crippen LogP) is 2.64. The Morgan fingerprint density at radius 1 is 1.33 bits per heavy atom. The number of hydrogen-bond donors (Lipinski definition) is 1. The molecule has 1 aliphatic heterocycles. The van der Waals surface area contributed by atoms with Gasteiger partial charge in [0.05, 0.1) is 17.9 Å². The molecule has 0 bridgehead atoms. The maximum atomic E-state index is 11.2. The maximum Gasteiger partial charge on any atom is 0.339 e. The summed E-state index contributed by atoms with van der Waals surface area (Å²) in [6.45, 7) is 7.75. The zero-order chi connectivity index (χ0) is 17.3. The summed E-state index contributed by atoms with van der Waals surface area (Å²) in [6.07, 6.45) is 5.11. The van der Waals surface area contributed by atoms with Gasteiger partial charge in [0.2, 0.25) is 0 Å². The van der Waals surface area contributed by atoms with Gasteiger partial charge in [-0.05, 0) is 25.8 Å². The molecule has 0 radical (unpaired) electrons. The van der Waals surface area contributed by atoms with E-state index in [0.29, 0.717) is 5.92 Å². The van der Waals surface area contributed by atoms with Crippen LogP contribution >= 0.6 is 0 Å². The summed E-state index contributed by atoms with van der Waals surface area (Å²) in [7, 11) is 0. The Morgan fingerprint density at radius 2 is 2.04 bits per heavy atom. The van der Waals surface area contributed by atoms with Crippen molar-refractivity contribution >= 4 is 11.8 Å². The highest BCUT2D eigenvalue weighted by Gasteiger charge is 2.25. The molecule has 24 heavy (non-hydrogen) atoms. The third kappa shape index (κ3) is 3.11. The zero-order valence-corrected chi connectivity index (χ0v) is 14.3. The SMILES string of the molecule is Cc1c(C(=O)O)cnn1C1CCN(c2ccnc(C(C)C)n2)CC1. The van der Waals surface area contributed by atoms with E-state index in [1.807, 2.05) is 23.9 Å². The number of aromatic nitrogens is 4. The lowest BCUT2D eigenvalue weighted by atomic mass is 10.0. The molecular formula is C17H23N5O2. The van der Waals surface area contributed by atoms with Crippen LogP contribution in [-0.2, 0) is 0 Å². The Labute approximate surface area is 141 Å². The van der Waals surface area contributed by atoms with Gasteiger partial charge in [-0.25, -0.2) is 14.8 Å². The Morgan fingerprint density at radius 3 is 2.62 bits per heavy atom. The van der Waals surface area contributed by atoms with Crippen LogP contribution in [0.4, 0.5) is 5.82 Å². The van der Waals surface area contributed by atoms with Gasteiger partial charge in [0.15, 0.2) is 0 Å². The molecule has 7 nitrogen and oxygen atoms in total. The van der Waals surface area contributed by atoms with Crippen LogP contribution in [0.3, 0.4) is 0 Å². The van der Waals surface area contributed by atoms with Crippen LogP contribution in [0, 0.1) is 6.92 Å². The normalized spacial score (nSPS) is 15.9. The average molecular weight is 329 g/mol. The number of aromatic carboxylic acids is 1. The lowest BCUT2D eigenvalue weighted by molar-refractivity contribution is 0.0696. The first-order valence-corrected chi connectivity index (χ1v) is 8.32. The smallest absolute Gasteiger partial charge is 0.339 e. The van der Waals surface area contributed by atoms with Gasteiger partial charge in [0, 0.05) is 25.2 Å². The number of anilines is 1. The molecule has 0 saturated carbocycles. The second-order valence-corrected chi connectivity index (χ2v) is 6.54. The topological polar surface area (TPSA) is 84.1 Å². The van der Waals surface area contributed by atoms with Crippen molar-refractivity contribution in [3.05, 3.63) is 35.5 Å². The third-order valence-electron chi connectivity index (χ3n) is 4.59. The fourth-order valence-electron chi connectivity index (χ4n) is 3.16. The van der Waals surface area contributed by atoms with Gasteiger partial charge in [-0.15, -0.1) is 0 Å². The molecule has 0 amide bonds. The summed E-state index contributed by atoms with van der Waals surface area (Å²) in [5.74, 6) is 1.22. The van der Waals surface area contributed by atoms with Gasteiger partial charge >= 0.3 is 5.97 Å². The van der Waals surface area contributed by atoms with Crippen LogP contribution in [0.25, 0.3) is 0 Å². The van der Waals surface area contributed by atoms with E-state index in [-0.39, 0.29) is 11.6 Å². The number of carboxylic acid groups (broad SMARTS) is 1. The largest absolute Gasteiger partial charge is 0.478 e. The highest BCUT2D eigenvalue weighted by Crippen LogP contribution is 2.27. The van der Waals surface area contributed by atoms with E-state index >= 15 is 0 Å². The van der Waals surface area contributed by atoms with Crippen LogP contribution in [0.15, 0.2) is 18.5 Å². The standard InChI is InChI=1S/C17H23N5O2/c1-11(2)16-18-7-4-15(20-16)21-8-5-13(6-9-21)22-12(3)14(10-19-22)17(23)24/h4,7,10-11,13H,5-6,8-9H2,1-3H3,(H,23,24). The second-order valence-electron chi connectivity index (χ2n) is 6.54. The Kier molecular flexibility index (Phi) is 4.51. The summed E-state index contributed by atoms with van der Waals surface area (Å²) in [6, 6.07) is 2.19. The van der Waals surface area contributed by atoms with Crippen LogP contribution in [0.1, 0.15) is 60.5 Å². The van der Waals surface area contributed by atoms with Gasteiger partial charge < -0.3 is 10.0 Å². The van der Waals surface area contributed by atoms with Gasteiger partial charge in [-0.3, -0.25) is 4.68 Å². The second kappa shape index (κ2) is 6.59. The summed E-state index contributed by atoms with van der Waals surface area (Å²) >= 11 is 0. The van der Waals surface area contributed by atoms with Gasteiger partial charge in [0.1, 0.15) is 17.2 Å². The molecule has 7 heteroatoms. The van der Waals surface area contributed by atoms with E-state index in [1.165, 1.54) is 6.20 Å². The molecule has 0 atom stereocenters. The van der Waals surface area contributed by atoms with Crippen LogP contribution in [0.5, 0.6) is 0 Å². The van der Waals surface area contributed by atoms with Crippen LogP contribution in [-0.4, -0.2) is 43.9 Å². The molecule has 0 spiro atoms. The van der Waals surface area contributed by atoms with E-state index < -0.39 is 5.97 Å². The molecule has 0 aliphatic carbocycles. The molecule has 2 aromatic rings. The first kappa shape index (κ1) is 16.4. The number of rotatable bonds is 4. The third-order valence-corrected chi connectivity index (χ3v) is 4.59. The average Bonchev–Trinajstić information content (AvgIpc) is 2.97. The molecule has 3 heterocycles. The van der Waals surface area contributed by atoms with Gasteiger partial charge in [-0.1, -0.05) is 13.8 Å².